The molecule has 0 aliphatic carbocycles. The summed E-state index contributed by atoms with van der Waals surface area (Å²) in [6, 6.07) is -1.15. The quantitative estimate of drug-likeness (QED) is 0.205. The van der Waals surface area contributed by atoms with Crippen molar-refractivity contribution in [2.24, 2.45) is 0 Å². The molecule has 0 spiro atoms. The number of rotatable bonds is 17. The van der Waals surface area contributed by atoms with Crippen molar-refractivity contribution < 1.29 is 78.9 Å². The SMILES string of the molecule is CCCCCCCCCCCCCCN[C@@H](CC(=O)[O-])C(=O)[O-].[Na+].[Na+]. The molecular weight excluding hydrogens is 340 g/mol. The van der Waals surface area contributed by atoms with E-state index in [-0.39, 0.29) is 59.1 Å². The van der Waals surface area contributed by atoms with Crippen LogP contribution in [0.3, 0.4) is 0 Å². The number of carbonyl (C=O) groups excluding carboxylic acids is 2. The van der Waals surface area contributed by atoms with Crippen LogP contribution in [0.2, 0.25) is 0 Å². The standard InChI is InChI=1S/C18H35NO4.2Na/c1-2-3-4-5-6-7-8-9-10-11-12-13-14-19-16(18(22)23)15-17(20)21;;/h16,19H,2-15H2,1H3,(H,20,21)(H,22,23);;/q;2*+1/p-2/t16-;;/m0../s1. The Morgan fingerprint density at radius 1 is 0.760 bits per heavy atom. The molecule has 0 bridgehead atoms. The molecule has 0 aromatic rings. The summed E-state index contributed by atoms with van der Waals surface area (Å²) >= 11 is 0. The number of carbonyl (C=O) groups is 2. The van der Waals surface area contributed by atoms with E-state index in [1.165, 1.54) is 57.8 Å². The second-order valence-corrected chi connectivity index (χ2v) is 6.29. The molecule has 0 fully saturated rings. The molecule has 0 unspecified atom stereocenters. The summed E-state index contributed by atoms with van der Waals surface area (Å²) in [5.74, 6) is -2.76. The monoisotopic (exact) mass is 373 g/mol. The predicted molar refractivity (Wildman–Crippen MR) is 87.5 cm³/mol. The zero-order valence-corrected chi connectivity index (χ0v) is 20.6. The van der Waals surface area contributed by atoms with E-state index in [4.69, 9.17) is 0 Å². The zero-order valence-electron chi connectivity index (χ0n) is 16.6. The average Bonchev–Trinajstić information content (AvgIpc) is 2.50. The summed E-state index contributed by atoms with van der Waals surface area (Å²) in [4.78, 5) is 21.1. The van der Waals surface area contributed by atoms with Gasteiger partial charge in [-0.3, -0.25) is 0 Å². The third-order valence-corrected chi connectivity index (χ3v) is 4.08. The second-order valence-electron chi connectivity index (χ2n) is 6.29. The summed E-state index contributed by atoms with van der Waals surface area (Å²) in [6.45, 7) is 2.74. The summed E-state index contributed by atoms with van der Waals surface area (Å²) in [5, 5.41) is 23.8. The van der Waals surface area contributed by atoms with Gasteiger partial charge in [0.2, 0.25) is 0 Å². The first-order valence-electron chi connectivity index (χ1n) is 9.22. The Morgan fingerprint density at radius 3 is 1.52 bits per heavy atom. The first-order chi connectivity index (χ1) is 11.1. The molecule has 7 heteroatoms. The smallest absolute Gasteiger partial charge is 0.550 e. The van der Waals surface area contributed by atoms with Crippen molar-refractivity contribution in [3.05, 3.63) is 0 Å². The molecule has 0 aliphatic heterocycles. The molecule has 1 N–H and O–H groups in total. The first-order valence-corrected chi connectivity index (χ1v) is 9.22. The van der Waals surface area contributed by atoms with Crippen LogP contribution in [0.15, 0.2) is 0 Å². The summed E-state index contributed by atoms with van der Waals surface area (Å²) in [7, 11) is 0. The van der Waals surface area contributed by atoms with Crippen molar-refractivity contribution in [1.29, 1.82) is 0 Å². The topological polar surface area (TPSA) is 92.3 Å². The molecule has 136 valence electrons. The molecule has 0 saturated heterocycles. The fraction of sp³-hybridized carbons (Fsp3) is 0.889. The number of unbranched alkanes of at least 4 members (excludes halogenated alkanes) is 11. The fourth-order valence-corrected chi connectivity index (χ4v) is 2.65. The van der Waals surface area contributed by atoms with Crippen LogP contribution in [0.1, 0.15) is 90.4 Å². The summed E-state index contributed by atoms with van der Waals surface area (Å²) < 4.78 is 0. The number of nitrogens with one attached hydrogen (secondary N) is 1. The first kappa shape index (κ1) is 30.6. The largest absolute Gasteiger partial charge is 1.00 e. The third kappa shape index (κ3) is 22.9. The maximum Gasteiger partial charge on any atom is 1.00 e. The minimum Gasteiger partial charge on any atom is -0.550 e. The van der Waals surface area contributed by atoms with E-state index < -0.39 is 24.4 Å². The molecule has 0 radical (unpaired) electrons. The molecule has 0 saturated carbocycles. The Hall–Kier alpha value is 0.900. The van der Waals surface area contributed by atoms with Crippen molar-refractivity contribution in [2.45, 2.75) is 96.4 Å². The van der Waals surface area contributed by atoms with Crippen molar-refractivity contribution >= 4 is 11.9 Å². The van der Waals surface area contributed by atoms with Gasteiger partial charge in [-0.25, -0.2) is 0 Å². The van der Waals surface area contributed by atoms with Crippen molar-refractivity contribution in [3.63, 3.8) is 0 Å². The van der Waals surface area contributed by atoms with Crippen LogP contribution in [0.4, 0.5) is 0 Å². The van der Waals surface area contributed by atoms with Crippen LogP contribution in [-0.2, 0) is 9.59 Å². The minimum absolute atomic E-state index is 0. The predicted octanol–water partition coefficient (Wildman–Crippen LogP) is -4.46. The number of carboxylic acids is 2. The van der Waals surface area contributed by atoms with Gasteiger partial charge in [0.05, 0.1) is 12.0 Å². The normalized spacial score (nSPS) is 11.2. The van der Waals surface area contributed by atoms with Gasteiger partial charge in [-0.1, -0.05) is 77.6 Å². The summed E-state index contributed by atoms with van der Waals surface area (Å²) in [5.41, 5.74) is 0. The van der Waals surface area contributed by atoms with Crippen molar-refractivity contribution in [2.75, 3.05) is 6.54 Å². The number of hydrogen-bond acceptors (Lipinski definition) is 5. The Balaban J connectivity index is -0.00000242. The van der Waals surface area contributed by atoms with Gasteiger partial charge in [0.1, 0.15) is 0 Å². The number of hydrogen-bond donors (Lipinski definition) is 1. The van der Waals surface area contributed by atoms with E-state index in [1.807, 2.05) is 0 Å². The van der Waals surface area contributed by atoms with Gasteiger partial charge >= 0.3 is 59.1 Å². The van der Waals surface area contributed by atoms with Gasteiger partial charge in [0, 0.05) is 12.4 Å². The van der Waals surface area contributed by atoms with Crippen LogP contribution in [-0.4, -0.2) is 24.5 Å². The van der Waals surface area contributed by atoms with Gasteiger partial charge < -0.3 is 25.1 Å². The van der Waals surface area contributed by atoms with Crippen LogP contribution >= 0.6 is 0 Å². The van der Waals surface area contributed by atoms with Crippen LogP contribution in [0, 0.1) is 0 Å². The molecule has 1 atom stereocenters. The van der Waals surface area contributed by atoms with Crippen molar-refractivity contribution in [1.82, 2.24) is 5.32 Å². The van der Waals surface area contributed by atoms with Gasteiger partial charge in [0.25, 0.3) is 0 Å². The maximum atomic E-state index is 10.7. The van der Waals surface area contributed by atoms with Gasteiger partial charge in [-0.2, -0.15) is 0 Å². The minimum atomic E-state index is -1.38. The van der Waals surface area contributed by atoms with E-state index in [9.17, 15) is 19.8 Å². The molecule has 0 rings (SSSR count). The van der Waals surface area contributed by atoms with Crippen LogP contribution < -0.4 is 74.6 Å². The van der Waals surface area contributed by atoms with E-state index in [1.54, 1.807) is 0 Å². The second kappa shape index (κ2) is 22.9. The number of aliphatic carboxylic acids is 2. The summed E-state index contributed by atoms with van der Waals surface area (Å²) in [6.07, 6.45) is 14.4. The Kier molecular flexibility index (Phi) is 28.1. The zero-order chi connectivity index (χ0) is 17.3. The number of carboxylic acid groups (broad SMARTS) is 2. The average molecular weight is 373 g/mol. The van der Waals surface area contributed by atoms with Gasteiger partial charge in [0.15, 0.2) is 0 Å². The molecule has 5 nitrogen and oxygen atoms in total. The fourth-order valence-electron chi connectivity index (χ4n) is 2.65. The van der Waals surface area contributed by atoms with E-state index >= 15 is 0 Å². The molecule has 0 aromatic carbocycles. The van der Waals surface area contributed by atoms with E-state index in [2.05, 4.69) is 12.2 Å². The van der Waals surface area contributed by atoms with E-state index in [0.717, 1.165) is 19.3 Å². The maximum absolute atomic E-state index is 10.7. The van der Waals surface area contributed by atoms with Crippen LogP contribution in [0.5, 0.6) is 0 Å². The molecular formula is C18H33NNa2O4. The molecule has 0 aromatic heterocycles. The Bertz CT molecular complexity index is 317. The molecule has 0 aliphatic rings. The van der Waals surface area contributed by atoms with Gasteiger partial charge in [-0.15, -0.1) is 0 Å². The molecule has 25 heavy (non-hydrogen) atoms. The molecule has 0 heterocycles. The Morgan fingerprint density at radius 2 is 1.16 bits per heavy atom. The van der Waals surface area contributed by atoms with Crippen LogP contribution in [0.25, 0.3) is 0 Å². The van der Waals surface area contributed by atoms with Gasteiger partial charge in [-0.05, 0) is 13.0 Å². The van der Waals surface area contributed by atoms with E-state index in [0.29, 0.717) is 6.54 Å². The molecule has 0 amide bonds. The third-order valence-electron chi connectivity index (χ3n) is 4.08. The van der Waals surface area contributed by atoms with Crippen molar-refractivity contribution in [3.8, 4) is 0 Å². The Labute approximate surface area is 197 Å².